The number of hydrogen-bond acceptors (Lipinski definition) is 4. The fourth-order valence-corrected chi connectivity index (χ4v) is 2.95. The van der Waals surface area contributed by atoms with Crippen LogP contribution in [0.1, 0.15) is 36.0 Å². The molecule has 1 aromatic carbocycles. The lowest BCUT2D eigenvalue weighted by molar-refractivity contribution is 0.0885. The number of nitrogens with one attached hydrogen (secondary N) is 1. The lowest BCUT2D eigenvalue weighted by atomic mass is 9.92. The molecule has 1 N–H and O–H groups in total. The van der Waals surface area contributed by atoms with Crippen molar-refractivity contribution in [3.63, 3.8) is 0 Å². The number of hydrogen-bond donors (Lipinski definition) is 1. The van der Waals surface area contributed by atoms with Crippen molar-refractivity contribution in [3.05, 3.63) is 52.8 Å². The average Bonchev–Trinajstić information content (AvgIpc) is 2.58. The van der Waals surface area contributed by atoms with E-state index in [0.29, 0.717) is 11.6 Å². The minimum Gasteiger partial charge on any atom is -0.460 e. The van der Waals surface area contributed by atoms with Gasteiger partial charge in [0.05, 0.1) is 0 Å². The summed E-state index contributed by atoms with van der Waals surface area (Å²) < 4.78 is 6.73. The first-order chi connectivity index (χ1) is 11.2. The van der Waals surface area contributed by atoms with E-state index in [9.17, 15) is 4.79 Å². The maximum atomic E-state index is 12.2. The molecular weight excluding hydrogens is 358 g/mol. The fourth-order valence-electron chi connectivity index (χ4n) is 2.69. The Hall–Kier alpha value is -1.95. The van der Waals surface area contributed by atoms with Crippen LogP contribution < -0.4 is 10.1 Å². The van der Waals surface area contributed by atoms with Gasteiger partial charge in [-0.05, 0) is 56.0 Å². The number of benzene rings is 1. The van der Waals surface area contributed by atoms with Crippen LogP contribution >= 0.6 is 15.9 Å². The van der Waals surface area contributed by atoms with E-state index in [1.54, 1.807) is 18.5 Å². The number of amides is 1. The fraction of sp³-hybridized carbons (Fsp3) is 0.353. The molecule has 1 heterocycles. The van der Waals surface area contributed by atoms with Gasteiger partial charge in [0.25, 0.3) is 5.91 Å². The average molecular weight is 376 g/mol. The second-order valence-electron chi connectivity index (χ2n) is 5.60. The molecule has 1 aromatic heterocycles. The van der Waals surface area contributed by atoms with Crippen molar-refractivity contribution < 1.29 is 9.53 Å². The van der Waals surface area contributed by atoms with E-state index in [1.165, 1.54) is 0 Å². The highest BCUT2D eigenvalue weighted by Crippen LogP contribution is 2.22. The third kappa shape index (κ3) is 4.51. The molecule has 1 amide bonds. The number of halogens is 1. The van der Waals surface area contributed by atoms with E-state index in [0.717, 1.165) is 30.2 Å². The van der Waals surface area contributed by atoms with Crippen molar-refractivity contribution in [2.75, 3.05) is 0 Å². The predicted octanol–water partition coefficient (Wildman–Crippen LogP) is 3.36. The summed E-state index contributed by atoms with van der Waals surface area (Å²) in [4.78, 5) is 20.4. The van der Waals surface area contributed by atoms with Gasteiger partial charge in [0.1, 0.15) is 6.10 Å². The van der Waals surface area contributed by atoms with Gasteiger partial charge in [-0.15, -0.1) is 0 Å². The van der Waals surface area contributed by atoms with Crippen LogP contribution in [0.4, 0.5) is 0 Å². The molecule has 0 bridgehead atoms. The third-order valence-electron chi connectivity index (χ3n) is 3.93. The maximum absolute atomic E-state index is 12.2. The molecule has 0 spiro atoms. The van der Waals surface area contributed by atoms with Crippen LogP contribution in [0.2, 0.25) is 0 Å². The second kappa shape index (κ2) is 7.55. The van der Waals surface area contributed by atoms with Crippen molar-refractivity contribution in [1.29, 1.82) is 0 Å². The molecule has 0 aliphatic heterocycles. The van der Waals surface area contributed by atoms with E-state index in [1.807, 2.05) is 24.3 Å². The van der Waals surface area contributed by atoms with Crippen molar-refractivity contribution in [1.82, 2.24) is 15.3 Å². The van der Waals surface area contributed by atoms with Gasteiger partial charge in [-0.2, -0.15) is 0 Å². The molecule has 5 nitrogen and oxygen atoms in total. The summed E-state index contributed by atoms with van der Waals surface area (Å²) in [7, 11) is 0. The van der Waals surface area contributed by atoms with E-state index in [4.69, 9.17) is 4.74 Å². The van der Waals surface area contributed by atoms with Gasteiger partial charge >= 0.3 is 6.01 Å². The summed E-state index contributed by atoms with van der Waals surface area (Å²) in [5.41, 5.74) is 0.684. The molecule has 0 unspecified atom stereocenters. The molecule has 1 aliphatic carbocycles. The van der Waals surface area contributed by atoms with Crippen molar-refractivity contribution in [2.45, 2.75) is 37.8 Å². The first kappa shape index (κ1) is 15.9. The molecule has 23 heavy (non-hydrogen) atoms. The molecular formula is C17H18BrN3O2. The number of nitrogens with zero attached hydrogens (tertiary/aromatic N) is 2. The molecule has 0 radical (unpaired) electrons. The molecule has 1 fully saturated rings. The first-order valence-corrected chi connectivity index (χ1v) is 8.50. The molecule has 1 aliphatic rings. The molecule has 2 aromatic rings. The molecule has 3 rings (SSSR count). The summed E-state index contributed by atoms with van der Waals surface area (Å²) in [5.74, 6) is -0.0201. The number of ether oxygens (including phenoxy) is 1. The van der Waals surface area contributed by atoms with Gasteiger partial charge < -0.3 is 10.1 Å². The Morgan fingerprint density at radius 3 is 2.39 bits per heavy atom. The normalized spacial score (nSPS) is 20.7. The topological polar surface area (TPSA) is 64.1 Å². The number of rotatable bonds is 4. The molecule has 0 atom stereocenters. The van der Waals surface area contributed by atoms with Gasteiger partial charge in [0.15, 0.2) is 0 Å². The van der Waals surface area contributed by atoms with Crippen LogP contribution in [-0.2, 0) is 0 Å². The zero-order valence-corrected chi connectivity index (χ0v) is 14.2. The zero-order chi connectivity index (χ0) is 16.1. The van der Waals surface area contributed by atoms with Crippen molar-refractivity contribution in [2.24, 2.45) is 0 Å². The van der Waals surface area contributed by atoms with Gasteiger partial charge in [-0.3, -0.25) is 4.79 Å². The van der Waals surface area contributed by atoms with Gasteiger partial charge in [0, 0.05) is 28.5 Å². The highest BCUT2D eigenvalue weighted by atomic mass is 79.9. The summed E-state index contributed by atoms with van der Waals surface area (Å²) in [6, 6.07) is 9.78. The first-order valence-electron chi connectivity index (χ1n) is 7.71. The minimum atomic E-state index is -0.0201. The van der Waals surface area contributed by atoms with Crippen LogP contribution in [0.3, 0.4) is 0 Å². The SMILES string of the molecule is O=C(NC1CCC(Oc2ncccn2)CC1)c1ccc(Br)cc1. The number of carbonyl (C=O) groups is 1. The van der Waals surface area contributed by atoms with Crippen molar-refractivity contribution in [3.8, 4) is 6.01 Å². The third-order valence-corrected chi connectivity index (χ3v) is 4.46. The van der Waals surface area contributed by atoms with Crippen LogP contribution in [0, 0.1) is 0 Å². The molecule has 6 heteroatoms. The molecule has 120 valence electrons. The molecule has 0 saturated heterocycles. The standard InChI is InChI=1S/C17H18BrN3O2/c18-13-4-2-12(3-5-13)16(22)21-14-6-8-15(9-7-14)23-17-19-10-1-11-20-17/h1-5,10-11,14-15H,6-9H2,(H,21,22). The smallest absolute Gasteiger partial charge is 0.316 e. The van der Waals surface area contributed by atoms with Gasteiger partial charge in [-0.25, -0.2) is 9.97 Å². The summed E-state index contributed by atoms with van der Waals surface area (Å²) in [6.07, 6.45) is 7.06. The van der Waals surface area contributed by atoms with E-state index in [2.05, 4.69) is 31.2 Å². The Morgan fingerprint density at radius 1 is 1.09 bits per heavy atom. The lowest BCUT2D eigenvalue weighted by Crippen LogP contribution is -2.39. The Morgan fingerprint density at radius 2 is 1.74 bits per heavy atom. The highest BCUT2D eigenvalue weighted by Gasteiger charge is 2.24. The minimum absolute atomic E-state index is 0.0201. The van der Waals surface area contributed by atoms with Crippen LogP contribution in [-0.4, -0.2) is 28.0 Å². The Balaban J connectivity index is 1.47. The van der Waals surface area contributed by atoms with Crippen molar-refractivity contribution >= 4 is 21.8 Å². The number of carbonyl (C=O) groups excluding carboxylic acids is 1. The zero-order valence-electron chi connectivity index (χ0n) is 12.6. The summed E-state index contributed by atoms with van der Waals surface area (Å²) in [5, 5.41) is 3.10. The Labute approximate surface area is 143 Å². The van der Waals surface area contributed by atoms with E-state index >= 15 is 0 Å². The predicted molar refractivity (Wildman–Crippen MR) is 90.3 cm³/mol. The van der Waals surface area contributed by atoms with Gasteiger partial charge in [-0.1, -0.05) is 15.9 Å². The Kier molecular flexibility index (Phi) is 5.23. The quantitative estimate of drug-likeness (QED) is 0.889. The van der Waals surface area contributed by atoms with E-state index < -0.39 is 0 Å². The lowest BCUT2D eigenvalue weighted by Gasteiger charge is -2.28. The Bertz CT molecular complexity index is 641. The number of aromatic nitrogens is 2. The molecule has 1 saturated carbocycles. The summed E-state index contributed by atoms with van der Waals surface area (Å²) in [6.45, 7) is 0. The second-order valence-corrected chi connectivity index (χ2v) is 6.52. The van der Waals surface area contributed by atoms with Crippen LogP contribution in [0.15, 0.2) is 47.2 Å². The largest absolute Gasteiger partial charge is 0.460 e. The monoisotopic (exact) mass is 375 g/mol. The summed E-state index contributed by atoms with van der Waals surface area (Å²) >= 11 is 3.37. The highest BCUT2D eigenvalue weighted by molar-refractivity contribution is 9.10. The van der Waals surface area contributed by atoms with Crippen LogP contribution in [0.25, 0.3) is 0 Å². The van der Waals surface area contributed by atoms with Crippen LogP contribution in [0.5, 0.6) is 6.01 Å². The maximum Gasteiger partial charge on any atom is 0.316 e. The van der Waals surface area contributed by atoms with E-state index in [-0.39, 0.29) is 18.1 Å². The van der Waals surface area contributed by atoms with Gasteiger partial charge in [0.2, 0.25) is 0 Å².